The Balaban J connectivity index is 1.99. The highest BCUT2D eigenvalue weighted by atomic mass is 35.5. The number of amides is 1. The molecule has 1 aromatic heterocycles. The molecule has 0 saturated carbocycles. The van der Waals surface area contributed by atoms with Crippen molar-refractivity contribution in [3.05, 3.63) is 39.4 Å². The van der Waals surface area contributed by atoms with Gasteiger partial charge in [0.2, 0.25) is 15.9 Å². The summed E-state index contributed by atoms with van der Waals surface area (Å²) in [7, 11) is -4.23. The Morgan fingerprint density at radius 3 is 2.52 bits per heavy atom. The Bertz CT molecular complexity index is 939. The second-order valence-corrected chi connectivity index (χ2v) is 8.87. The molecule has 2 aromatic rings. The third kappa shape index (κ3) is 5.64. The maximum Gasteiger partial charge on any atom is 0.417 e. The third-order valence-corrected chi connectivity index (χ3v) is 6.25. The lowest BCUT2D eigenvalue weighted by atomic mass is 10.2. The van der Waals surface area contributed by atoms with Crippen LogP contribution in [0.15, 0.2) is 23.1 Å². The number of thiazole rings is 1. The summed E-state index contributed by atoms with van der Waals surface area (Å²) in [6.45, 7) is 3.34. The van der Waals surface area contributed by atoms with Crippen LogP contribution in [0.2, 0.25) is 5.02 Å². The van der Waals surface area contributed by atoms with Gasteiger partial charge in [-0.15, -0.1) is 11.3 Å². The predicted octanol–water partition coefficient (Wildman–Crippen LogP) is 3.74. The van der Waals surface area contributed by atoms with Crippen LogP contribution in [0.3, 0.4) is 0 Å². The zero-order chi connectivity index (χ0) is 20.4. The molecule has 12 heteroatoms. The predicted molar refractivity (Wildman–Crippen MR) is 96.5 cm³/mol. The normalized spacial score (nSPS) is 12.2. The first-order valence-electron chi connectivity index (χ1n) is 7.50. The fraction of sp³-hybridized carbons (Fsp3) is 0.333. The van der Waals surface area contributed by atoms with E-state index in [0.717, 1.165) is 22.7 Å². The van der Waals surface area contributed by atoms with Gasteiger partial charge in [0.15, 0.2) is 5.13 Å². The van der Waals surface area contributed by atoms with Gasteiger partial charge in [0.25, 0.3) is 0 Å². The van der Waals surface area contributed by atoms with Gasteiger partial charge in [-0.05, 0) is 32.0 Å². The largest absolute Gasteiger partial charge is 0.417 e. The van der Waals surface area contributed by atoms with Crippen molar-refractivity contribution in [2.75, 3.05) is 11.9 Å². The molecule has 0 radical (unpaired) electrons. The highest BCUT2D eigenvalue weighted by molar-refractivity contribution is 7.89. The van der Waals surface area contributed by atoms with Crippen LogP contribution in [0, 0.1) is 13.8 Å². The maximum absolute atomic E-state index is 12.9. The van der Waals surface area contributed by atoms with Crippen LogP contribution in [-0.4, -0.2) is 25.9 Å². The molecule has 2 N–H and O–H groups in total. The van der Waals surface area contributed by atoms with E-state index >= 15 is 0 Å². The van der Waals surface area contributed by atoms with E-state index in [4.69, 9.17) is 11.6 Å². The molecule has 1 aromatic carbocycles. The number of nitrogens with one attached hydrogen (secondary N) is 2. The van der Waals surface area contributed by atoms with Gasteiger partial charge in [0, 0.05) is 17.8 Å². The summed E-state index contributed by atoms with van der Waals surface area (Å²) in [5.74, 6) is -0.474. The van der Waals surface area contributed by atoms with Gasteiger partial charge in [0.05, 0.1) is 21.2 Å². The summed E-state index contributed by atoms with van der Waals surface area (Å²) in [6.07, 6.45) is -5.00. The van der Waals surface area contributed by atoms with Crippen LogP contribution < -0.4 is 10.0 Å². The fourth-order valence-corrected chi connectivity index (χ4v) is 4.09. The molecule has 1 amide bonds. The Morgan fingerprint density at radius 2 is 1.96 bits per heavy atom. The fourth-order valence-electron chi connectivity index (χ4n) is 1.98. The van der Waals surface area contributed by atoms with Gasteiger partial charge in [-0.2, -0.15) is 13.2 Å². The molecule has 1 heterocycles. The Kier molecular flexibility index (Phi) is 6.51. The number of aryl methyl sites for hydroxylation is 2. The number of carbonyl (C=O) groups is 1. The second-order valence-electron chi connectivity index (χ2n) is 5.50. The second kappa shape index (κ2) is 8.13. The zero-order valence-corrected chi connectivity index (χ0v) is 16.5. The van der Waals surface area contributed by atoms with E-state index in [0.29, 0.717) is 11.2 Å². The average Bonchev–Trinajstić information content (AvgIpc) is 2.83. The number of hydrogen-bond donors (Lipinski definition) is 2. The van der Waals surface area contributed by atoms with Gasteiger partial charge in [-0.3, -0.25) is 4.79 Å². The molecule has 6 nitrogen and oxygen atoms in total. The minimum absolute atomic E-state index is 0.212. The number of hydrogen-bond acceptors (Lipinski definition) is 5. The van der Waals surface area contributed by atoms with Gasteiger partial charge < -0.3 is 5.32 Å². The van der Waals surface area contributed by atoms with E-state index in [1.165, 1.54) is 11.3 Å². The van der Waals surface area contributed by atoms with E-state index in [1.807, 2.05) is 6.92 Å². The summed E-state index contributed by atoms with van der Waals surface area (Å²) < 4.78 is 64.9. The van der Waals surface area contributed by atoms with Crippen molar-refractivity contribution < 1.29 is 26.4 Å². The van der Waals surface area contributed by atoms with Crippen molar-refractivity contribution in [1.29, 1.82) is 0 Å². The van der Waals surface area contributed by atoms with Gasteiger partial charge in [0.1, 0.15) is 0 Å². The molecule has 0 fully saturated rings. The Labute approximate surface area is 162 Å². The van der Waals surface area contributed by atoms with Crippen molar-refractivity contribution in [3.8, 4) is 0 Å². The number of benzene rings is 1. The lowest BCUT2D eigenvalue weighted by Crippen LogP contribution is -2.28. The molecule has 0 aliphatic carbocycles. The number of halogens is 4. The Morgan fingerprint density at radius 1 is 1.30 bits per heavy atom. The van der Waals surface area contributed by atoms with Gasteiger partial charge in [-0.25, -0.2) is 18.1 Å². The molecule has 148 valence electrons. The summed E-state index contributed by atoms with van der Waals surface area (Å²) in [5, 5.41) is 2.33. The lowest BCUT2D eigenvalue weighted by molar-refractivity contribution is -0.137. The molecule has 2 rings (SSSR count). The minimum atomic E-state index is -4.79. The van der Waals surface area contributed by atoms with Gasteiger partial charge >= 0.3 is 6.18 Å². The zero-order valence-electron chi connectivity index (χ0n) is 14.1. The number of rotatable bonds is 6. The molecule has 27 heavy (non-hydrogen) atoms. The maximum atomic E-state index is 12.9. The molecular formula is C15H15ClF3N3O3S2. The molecular weight excluding hydrogens is 427 g/mol. The third-order valence-electron chi connectivity index (χ3n) is 3.47. The number of carbonyl (C=O) groups excluding carboxylic acids is 1. The monoisotopic (exact) mass is 441 g/mol. The summed E-state index contributed by atoms with van der Waals surface area (Å²) in [5.41, 5.74) is -0.474. The number of nitrogens with zero attached hydrogens (tertiary/aromatic N) is 1. The lowest BCUT2D eigenvalue weighted by Gasteiger charge is -2.12. The van der Waals surface area contributed by atoms with Crippen LogP contribution in [0.1, 0.15) is 22.6 Å². The van der Waals surface area contributed by atoms with Crippen LogP contribution in [0.25, 0.3) is 0 Å². The van der Waals surface area contributed by atoms with E-state index < -0.39 is 37.6 Å². The van der Waals surface area contributed by atoms with Crippen molar-refractivity contribution in [2.45, 2.75) is 31.3 Å². The molecule has 0 bridgehead atoms. The van der Waals surface area contributed by atoms with E-state index in [-0.39, 0.29) is 13.0 Å². The van der Waals surface area contributed by atoms with Crippen LogP contribution in [0.5, 0.6) is 0 Å². The average molecular weight is 442 g/mol. The summed E-state index contributed by atoms with van der Waals surface area (Å²) in [4.78, 5) is 16.3. The number of alkyl halides is 3. The van der Waals surface area contributed by atoms with Crippen LogP contribution in [0.4, 0.5) is 18.3 Å². The first-order chi connectivity index (χ1) is 12.4. The first-order valence-corrected chi connectivity index (χ1v) is 10.2. The molecule has 0 spiro atoms. The summed E-state index contributed by atoms with van der Waals surface area (Å²) >= 11 is 6.76. The topological polar surface area (TPSA) is 88.2 Å². The molecule has 0 saturated heterocycles. The van der Waals surface area contributed by atoms with Crippen molar-refractivity contribution in [2.24, 2.45) is 0 Å². The quantitative estimate of drug-likeness (QED) is 0.714. The van der Waals surface area contributed by atoms with Crippen molar-refractivity contribution in [3.63, 3.8) is 0 Å². The Hall–Kier alpha value is -1.69. The first kappa shape index (κ1) is 21.6. The van der Waals surface area contributed by atoms with Crippen molar-refractivity contribution >= 4 is 44.0 Å². The SMILES string of the molecule is Cc1nc(NC(=O)CCNS(=O)(=O)c2ccc(Cl)c(C(F)(F)F)c2)sc1C. The molecule has 0 atom stereocenters. The van der Waals surface area contributed by atoms with E-state index in [1.54, 1.807) is 6.92 Å². The van der Waals surface area contributed by atoms with Crippen LogP contribution >= 0.6 is 22.9 Å². The standard InChI is InChI=1S/C15H15ClF3N3O3S2/c1-8-9(2)26-14(21-8)22-13(23)5-6-20-27(24,25)10-3-4-12(16)11(7-10)15(17,18)19/h3-4,7,20H,5-6H2,1-2H3,(H,21,22,23). The van der Waals surface area contributed by atoms with Crippen molar-refractivity contribution in [1.82, 2.24) is 9.71 Å². The molecule has 0 aliphatic rings. The highest BCUT2D eigenvalue weighted by Crippen LogP contribution is 2.35. The van der Waals surface area contributed by atoms with E-state index in [9.17, 15) is 26.4 Å². The number of anilines is 1. The number of sulfonamides is 1. The number of aromatic nitrogens is 1. The molecule has 0 aliphatic heterocycles. The van der Waals surface area contributed by atoms with E-state index in [2.05, 4.69) is 15.0 Å². The summed E-state index contributed by atoms with van der Waals surface area (Å²) in [6, 6.07) is 2.27. The van der Waals surface area contributed by atoms with Crippen LogP contribution in [-0.2, 0) is 21.0 Å². The van der Waals surface area contributed by atoms with Gasteiger partial charge in [-0.1, -0.05) is 11.6 Å². The highest BCUT2D eigenvalue weighted by Gasteiger charge is 2.34. The smallest absolute Gasteiger partial charge is 0.302 e. The molecule has 0 unspecified atom stereocenters. The minimum Gasteiger partial charge on any atom is -0.302 e.